The number of aromatic nitrogens is 1. The summed E-state index contributed by atoms with van der Waals surface area (Å²) in [6.07, 6.45) is 2.20. The van der Waals surface area contributed by atoms with Gasteiger partial charge in [-0.05, 0) is 90.5 Å². The lowest BCUT2D eigenvalue weighted by Gasteiger charge is -2.27. The molecule has 0 saturated heterocycles. The number of aliphatic imine (C=N–C) groups is 1. The van der Waals surface area contributed by atoms with Crippen molar-refractivity contribution in [3.63, 3.8) is 0 Å². The average Bonchev–Trinajstić information content (AvgIpc) is 3.90. The molecule has 2 aliphatic rings. The van der Waals surface area contributed by atoms with E-state index >= 15 is 0 Å². The maximum absolute atomic E-state index is 6.38. The molecule has 0 aliphatic carbocycles. The first-order valence-electron chi connectivity index (χ1n) is 19.0. The van der Waals surface area contributed by atoms with Gasteiger partial charge >= 0.3 is 0 Å². The SMILES string of the molecule is C1=C(N(c2ccccc2)c2ccccc2)C2=N/C1=C(/c1ccccc1)c1cc(N(c3ccccc3)c3ccccc3)c([nH]1)-c1ccccc1OOc1ccccc12. The Morgan fingerprint density at radius 2 is 0.877 bits per heavy atom. The third-order valence-electron chi connectivity index (χ3n) is 10.2. The van der Waals surface area contributed by atoms with Crippen LogP contribution in [-0.4, -0.2) is 10.7 Å². The topological polar surface area (TPSA) is 53.1 Å². The first-order valence-corrected chi connectivity index (χ1v) is 19.0. The van der Waals surface area contributed by atoms with Crippen molar-refractivity contribution in [2.45, 2.75) is 0 Å². The zero-order valence-corrected chi connectivity index (χ0v) is 30.9. The van der Waals surface area contributed by atoms with Gasteiger partial charge in [-0.1, -0.05) is 127 Å². The quantitative estimate of drug-likeness (QED) is 0.166. The van der Waals surface area contributed by atoms with Gasteiger partial charge in [0.05, 0.1) is 34.2 Å². The van der Waals surface area contributed by atoms with E-state index in [1.54, 1.807) is 0 Å². The number of para-hydroxylation sites is 6. The molecule has 0 saturated carbocycles. The molecule has 6 heteroatoms. The van der Waals surface area contributed by atoms with Crippen LogP contribution in [0.15, 0.2) is 229 Å². The molecule has 272 valence electrons. The van der Waals surface area contributed by atoms with Crippen molar-refractivity contribution in [3.8, 4) is 22.8 Å². The number of aromatic amines is 1. The number of nitrogens with one attached hydrogen (secondary N) is 1. The summed E-state index contributed by atoms with van der Waals surface area (Å²) >= 11 is 0. The number of anilines is 5. The molecule has 1 aromatic heterocycles. The molecule has 4 bridgehead atoms. The predicted octanol–water partition coefficient (Wildman–Crippen LogP) is 12.8. The van der Waals surface area contributed by atoms with E-state index in [0.717, 1.165) is 79.2 Å². The second-order valence-electron chi connectivity index (χ2n) is 13.7. The van der Waals surface area contributed by atoms with Gasteiger partial charge in [0.15, 0.2) is 11.5 Å². The number of rotatable bonds is 7. The van der Waals surface area contributed by atoms with E-state index in [-0.39, 0.29) is 0 Å². The van der Waals surface area contributed by atoms with E-state index in [0.29, 0.717) is 11.5 Å². The Hall–Kier alpha value is -7.83. The number of allylic oxidation sites excluding steroid dienone is 2. The first-order chi connectivity index (χ1) is 28.3. The van der Waals surface area contributed by atoms with Crippen LogP contribution in [0.3, 0.4) is 0 Å². The van der Waals surface area contributed by atoms with Crippen LogP contribution in [0.5, 0.6) is 11.5 Å². The molecule has 0 amide bonds. The Morgan fingerprint density at radius 3 is 1.42 bits per heavy atom. The smallest absolute Gasteiger partial charge is 0.188 e. The van der Waals surface area contributed by atoms with Gasteiger partial charge in [0.1, 0.15) is 0 Å². The van der Waals surface area contributed by atoms with E-state index in [1.807, 2.05) is 72.8 Å². The van der Waals surface area contributed by atoms with Gasteiger partial charge in [-0.25, -0.2) is 4.99 Å². The molecule has 8 aromatic rings. The number of benzene rings is 7. The summed E-state index contributed by atoms with van der Waals surface area (Å²) in [5.41, 5.74) is 12.8. The summed E-state index contributed by atoms with van der Waals surface area (Å²) in [6, 6.07) is 70.3. The van der Waals surface area contributed by atoms with Crippen molar-refractivity contribution < 1.29 is 9.78 Å². The summed E-state index contributed by atoms with van der Waals surface area (Å²) in [6.45, 7) is 0. The van der Waals surface area contributed by atoms with Gasteiger partial charge < -0.3 is 14.8 Å². The van der Waals surface area contributed by atoms with Crippen LogP contribution in [-0.2, 0) is 0 Å². The lowest BCUT2D eigenvalue weighted by molar-refractivity contribution is -0.0995. The molecular weight excluding hydrogens is 701 g/mol. The average molecular weight is 737 g/mol. The van der Waals surface area contributed by atoms with Crippen LogP contribution in [0.4, 0.5) is 28.4 Å². The van der Waals surface area contributed by atoms with Gasteiger partial charge in [-0.2, -0.15) is 0 Å². The van der Waals surface area contributed by atoms with Crippen LogP contribution >= 0.6 is 0 Å². The number of hydrogen-bond donors (Lipinski definition) is 1. The molecule has 7 aromatic carbocycles. The van der Waals surface area contributed by atoms with Crippen molar-refractivity contribution in [3.05, 3.63) is 241 Å². The first kappa shape index (κ1) is 33.7. The largest absolute Gasteiger partial charge is 0.353 e. The standard InChI is InChI=1S/C51H36N4O2/c1-6-20-36(21-7-1)49-43-34-45(54(37-22-8-2-9-23-37)38-24-10-3-11-25-38)50(52-43)41-30-16-18-32-47(41)56-57-48-33-19-17-31-42(48)51-46(35-44(49)53-51)55(39-26-12-4-13-27-39)40-28-14-5-15-29-40/h1-35,52H/b49-44-. The van der Waals surface area contributed by atoms with Crippen molar-refractivity contribution in [1.82, 2.24) is 4.98 Å². The molecule has 3 heterocycles. The Bertz CT molecular complexity index is 2700. The molecule has 0 atom stereocenters. The van der Waals surface area contributed by atoms with Gasteiger partial charge in [-0.3, -0.25) is 9.78 Å². The van der Waals surface area contributed by atoms with Crippen molar-refractivity contribution >= 4 is 39.7 Å². The second kappa shape index (κ2) is 14.8. The molecule has 0 unspecified atom stereocenters. The van der Waals surface area contributed by atoms with Crippen molar-refractivity contribution in [2.75, 3.05) is 9.80 Å². The molecule has 57 heavy (non-hydrogen) atoms. The van der Waals surface area contributed by atoms with Gasteiger partial charge in [0.2, 0.25) is 0 Å². The minimum Gasteiger partial charge on any atom is -0.353 e. The highest BCUT2D eigenvalue weighted by Crippen LogP contribution is 2.47. The summed E-state index contributed by atoms with van der Waals surface area (Å²) < 4.78 is 0. The molecule has 1 N–H and O–H groups in total. The highest BCUT2D eigenvalue weighted by Gasteiger charge is 2.31. The number of fused-ring (bicyclic) bond motifs is 7. The van der Waals surface area contributed by atoms with E-state index < -0.39 is 0 Å². The Kier molecular flexibility index (Phi) is 8.74. The normalized spacial score (nSPS) is 14.2. The van der Waals surface area contributed by atoms with Gasteiger partial charge in [0, 0.05) is 39.4 Å². The van der Waals surface area contributed by atoms with Crippen LogP contribution in [0.25, 0.3) is 16.8 Å². The fraction of sp³-hybridized carbons (Fsp3) is 0. The van der Waals surface area contributed by atoms with E-state index in [4.69, 9.17) is 14.8 Å². The fourth-order valence-electron chi connectivity index (χ4n) is 7.64. The molecule has 10 rings (SSSR count). The van der Waals surface area contributed by atoms with Crippen molar-refractivity contribution in [1.29, 1.82) is 0 Å². The highest BCUT2D eigenvalue weighted by molar-refractivity contribution is 6.20. The molecule has 0 spiro atoms. The highest BCUT2D eigenvalue weighted by atomic mass is 17.2. The zero-order chi connectivity index (χ0) is 38.0. The Balaban J connectivity index is 1.31. The van der Waals surface area contributed by atoms with Gasteiger partial charge in [0.25, 0.3) is 0 Å². The predicted molar refractivity (Wildman–Crippen MR) is 231 cm³/mol. The van der Waals surface area contributed by atoms with E-state index in [2.05, 4.69) is 154 Å². The lowest BCUT2D eigenvalue weighted by atomic mass is 10.00. The zero-order valence-electron chi connectivity index (χ0n) is 30.9. The molecule has 6 nitrogen and oxygen atoms in total. The molecule has 0 radical (unpaired) electrons. The van der Waals surface area contributed by atoms with Crippen molar-refractivity contribution in [2.24, 2.45) is 4.99 Å². The minimum absolute atomic E-state index is 0.543. The maximum atomic E-state index is 6.38. The number of nitrogens with zero attached hydrogens (tertiary/aromatic N) is 3. The lowest BCUT2D eigenvalue weighted by Crippen LogP contribution is -2.22. The van der Waals surface area contributed by atoms with Crippen LogP contribution in [0.1, 0.15) is 16.8 Å². The fourth-order valence-corrected chi connectivity index (χ4v) is 7.64. The molecule has 0 fully saturated rings. The van der Waals surface area contributed by atoms with Gasteiger partial charge in [-0.15, -0.1) is 0 Å². The van der Waals surface area contributed by atoms with E-state index in [9.17, 15) is 0 Å². The third kappa shape index (κ3) is 6.35. The van der Waals surface area contributed by atoms with Crippen LogP contribution < -0.4 is 19.6 Å². The summed E-state index contributed by atoms with van der Waals surface area (Å²) in [7, 11) is 0. The monoisotopic (exact) mass is 736 g/mol. The third-order valence-corrected chi connectivity index (χ3v) is 10.2. The summed E-state index contributed by atoms with van der Waals surface area (Å²) in [5, 5.41) is 0. The number of H-pyrrole nitrogens is 1. The summed E-state index contributed by atoms with van der Waals surface area (Å²) in [5.74, 6) is 1.11. The van der Waals surface area contributed by atoms with Crippen LogP contribution in [0, 0.1) is 0 Å². The summed E-state index contributed by atoms with van der Waals surface area (Å²) in [4.78, 5) is 26.8. The second-order valence-corrected chi connectivity index (χ2v) is 13.7. The number of hydrogen-bond acceptors (Lipinski definition) is 5. The van der Waals surface area contributed by atoms with E-state index in [1.165, 1.54) is 0 Å². The van der Waals surface area contributed by atoms with Crippen LogP contribution in [0.2, 0.25) is 0 Å². The minimum atomic E-state index is 0.543. The Labute approximate surface area is 331 Å². The molecule has 2 aliphatic heterocycles. The Morgan fingerprint density at radius 1 is 0.439 bits per heavy atom. The maximum Gasteiger partial charge on any atom is 0.188 e. The molecular formula is C51H36N4O2.